The second-order valence-electron chi connectivity index (χ2n) is 4.65. The van der Waals surface area contributed by atoms with Crippen LogP contribution in [0.2, 0.25) is 0 Å². The normalized spacial score (nSPS) is 11.6. The first-order chi connectivity index (χ1) is 13.2. The van der Waals surface area contributed by atoms with Gasteiger partial charge in [0.1, 0.15) is 0 Å². The Labute approximate surface area is 181 Å². The van der Waals surface area contributed by atoms with Gasteiger partial charge in [-0.05, 0) is 39.8 Å². The van der Waals surface area contributed by atoms with E-state index in [0.717, 1.165) is 0 Å². The maximum atomic E-state index is 9.63. The van der Waals surface area contributed by atoms with E-state index in [1.807, 2.05) is 18.2 Å². The number of rotatable bonds is 4. The minimum atomic E-state index is -0.315. The number of ether oxygens (including phenoxy) is 2. The standard InChI is InChI=1S/C5H5N.2C4H8N2O2.C4H9O2.Co/c1-2-4-6-5-3-1;2*1-3(5-7)4(2)6-8;1-4(5-2)6-3;/h1-5H;2*7-8H,1-2H3;4H,1H2,2-3H3;/q;;;-1;+3/p-2/b;2*5-3+,6-4+;;. The molecule has 0 bridgehead atoms. The number of pyridine rings is 1. The fourth-order valence-electron chi connectivity index (χ4n) is 0.686. The molecule has 2 N–H and O–H groups in total. The van der Waals surface area contributed by atoms with Crippen molar-refractivity contribution >= 4 is 22.8 Å². The minimum Gasteiger partial charge on any atom is -0.792 e. The van der Waals surface area contributed by atoms with Crippen LogP contribution in [0.1, 0.15) is 27.7 Å². The zero-order chi connectivity index (χ0) is 22.4. The van der Waals surface area contributed by atoms with Crippen molar-refractivity contribution in [3.8, 4) is 0 Å². The van der Waals surface area contributed by atoms with Crippen molar-refractivity contribution in [3.05, 3.63) is 47.9 Å². The van der Waals surface area contributed by atoms with Crippen molar-refractivity contribution in [2.75, 3.05) is 14.2 Å². The molecule has 0 aliphatic heterocycles. The van der Waals surface area contributed by atoms with Crippen molar-refractivity contribution in [1.82, 2.24) is 4.98 Å². The number of nitrogens with zero attached hydrogens (tertiary/aromatic N) is 5. The van der Waals surface area contributed by atoms with E-state index in [2.05, 4.69) is 42.0 Å². The molecular formula is C17H28CoN5O6. The van der Waals surface area contributed by atoms with Crippen molar-refractivity contribution in [3.63, 3.8) is 0 Å². The Hall–Kier alpha value is -2.54. The van der Waals surface area contributed by atoms with Gasteiger partial charge in [0.2, 0.25) is 0 Å². The summed E-state index contributed by atoms with van der Waals surface area (Å²) in [5.74, 6) is 0. The van der Waals surface area contributed by atoms with Gasteiger partial charge in [-0.25, -0.2) is 0 Å². The number of hydrogen-bond donors (Lipinski definition) is 2. The largest absolute Gasteiger partial charge is 3.00 e. The van der Waals surface area contributed by atoms with Crippen molar-refractivity contribution in [2.24, 2.45) is 20.6 Å². The fraction of sp³-hybridized carbons (Fsp3) is 0.412. The summed E-state index contributed by atoms with van der Waals surface area (Å²) in [5.41, 5.74) is 0.903. The number of aromatic nitrogens is 1. The van der Waals surface area contributed by atoms with Crippen LogP contribution in [0.15, 0.2) is 51.2 Å². The van der Waals surface area contributed by atoms with Gasteiger partial charge >= 0.3 is 16.8 Å². The van der Waals surface area contributed by atoms with Crippen molar-refractivity contribution < 1.29 is 36.7 Å². The third-order valence-corrected chi connectivity index (χ3v) is 2.71. The molecule has 0 saturated heterocycles. The average molecular weight is 457 g/mol. The van der Waals surface area contributed by atoms with Gasteiger partial charge in [-0.3, -0.25) is 11.9 Å². The van der Waals surface area contributed by atoms with Crippen LogP contribution in [0.3, 0.4) is 0 Å². The van der Waals surface area contributed by atoms with Crippen LogP contribution in [-0.2, 0) is 26.3 Å². The predicted molar refractivity (Wildman–Crippen MR) is 110 cm³/mol. The van der Waals surface area contributed by atoms with Crippen LogP contribution < -0.4 is 0 Å². The number of oxime groups is 2. The summed E-state index contributed by atoms with van der Waals surface area (Å²) in [7, 11) is 3.09. The smallest absolute Gasteiger partial charge is 0.792 e. The van der Waals surface area contributed by atoms with Crippen LogP contribution >= 0.6 is 0 Å². The summed E-state index contributed by atoms with van der Waals surface area (Å²) < 4.78 is 9.13. The molecule has 0 unspecified atom stereocenters. The van der Waals surface area contributed by atoms with Crippen LogP contribution in [0, 0.1) is 17.3 Å². The Balaban J connectivity index is -0.000000143. The monoisotopic (exact) mass is 457 g/mol. The molecule has 29 heavy (non-hydrogen) atoms. The molecule has 11 nitrogen and oxygen atoms in total. The van der Waals surface area contributed by atoms with Gasteiger partial charge in [0.25, 0.3) is 0 Å². The van der Waals surface area contributed by atoms with Gasteiger partial charge < -0.3 is 40.6 Å². The van der Waals surface area contributed by atoms with E-state index in [1.54, 1.807) is 26.6 Å². The van der Waals surface area contributed by atoms with E-state index in [4.69, 9.17) is 10.4 Å². The molecule has 0 aliphatic rings. The summed E-state index contributed by atoms with van der Waals surface area (Å²) in [5, 5.41) is 45.8. The molecular weight excluding hydrogens is 429 g/mol. The molecule has 0 aliphatic carbocycles. The van der Waals surface area contributed by atoms with Crippen molar-refractivity contribution in [1.29, 1.82) is 0 Å². The maximum absolute atomic E-state index is 9.63. The van der Waals surface area contributed by atoms with E-state index in [-0.39, 0.29) is 45.9 Å². The molecule has 1 rings (SSSR count). The molecule has 12 heteroatoms. The van der Waals surface area contributed by atoms with Gasteiger partial charge in [-0.1, -0.05) is 16.4 Å². The Morgan fingerprint density at radius 2 is 1.17 bits per heavy atom. The van der Waals surface area contributed by atoms with Crippen LogP contribution in [0.5, 0.6) is 0 Å². The maximum Gasteiger partial charge on any atom is 3.00 e. The molecule has 0 atom stereocenters. The quantitative estimate of drug-likeness (QED) is 0.230. The zero-order valence-corrected chi connectivity index (χ0v) is 18.3. The molecule has 166 valence electrons. The zero-order valence-electron chi connectivity index (χ0n) is 17.3. The van der Waals surface area contributed by atoms with Gasteiger partial charge in [-0.2, -0.15) is 0 Å². The molecule has 0 spiro atoms. The molecule has 0 fully saturated rings. The summed E-state index contributed by atoms with van der Waals surface area (Å²) in [6, 6.07) is 5.72. The van der Waals surface area contributed by atoms with Gasteiger partial charge in [-0.15, -0.1) is 0 Å². The van der Waals surface area contributed by atoms with Gasteiger partial charge in [0.05, 0.1) is 22.8 Å². The molecule has 0 saturated carbocycles. The first-order valence-corrected chi connectivity index (χ1v) is 7.71. The minimum absolute atomic E-state index is 0. The third-order valence-electron chi connectivity index (χ3n) is 2.71. The van der Waals surface area contributed by atoms with E-state index in [9.17, 15) is 10.4 Å². The van der Waals surface area contributed by atoms with Gasteiger partial charge in [0, 0.05) is 32.9 Å². The molecule has 1 heterocycles. The van der Waals surface area contributed by atoms with Crippen molar-refractivity contribution in [2.45, 2.75) is 34.0 Å². The number of methoxy groups -OCH3 is 2. The van der Waals surface area contributed by atoms with E-state index in [0.29, 0.717) is 0 Å². The first kappa shape index (κ1) is 34.0. The fourth-order valence-corrected chi connectivity index (χ4v) is 0.686. The second-order valence-corrected chi connectivity index (χ2v) is 4.65. The average Bonchev–Trinajstić information content (AvgIpc) is 2.78. The molecule has 0 amide bonds. The van der Waals surface area contributed by atoms with Crippen LogP contribution in [0.25, 0.3) is 0 Å². The van der Waals surface area contributed by atoms with E-state index in [1.165, 1.54) is 27.7 Å². The topological polar surface area (TPSA) is 167 Å². The Morgan fingerprint density at radius 1 is 0.828 bits per heavy atom. The van der Waals surface area contributed by atoms with Gasteiger partial charge in [0.15, 0.2) is 0 Å². The van der Waals surface area contributed by atoms with E-state index >= 15 is 0 Å². The second kappa shape index (κ2) is 25.5. The predicted octanol–water partition coefficient (Wildman–Crippen LogP) is 3.11. The molecule has 0 aromatic carbocycles. The third kappa shape index (κ3) is 25.5. The first-order valence-electron chi connectivity index (χ1n) is 7.71. The summed E-state index contributed by atoms with van der Waals surface area (Å²) in [4.78, 5) is 3.78. The number of hydrogen-bond acceptors (Lipinski definition) is 11. The Bertz CT molecular complexity index is 503. The Morgan fingerprint density at radius 3 is 1.24 bits per heavy atom. The van der Waals surface area contributed by atoms with Crippen LogP contribution in [-0.4, -0.2) is 58.8 Å². The summed E-state index contributed by atoms with van der Waals surface area (Å²) in [6.45, 7) is 9.37. The summed E-state index contributed by atoms with van der Waals surface area (Å²) >= 11 is 0. The van der Waals surface area contributed by atoms with Crippen LogP contribution in [0.4, 0.5) is 0 Å². The molecule has 0 radical (unpaired) electrons. The SMILES string of the molecule is CC(=N\[O-])/C(C)=N/O.CC(=N\[O-])/C(C)=N/O.[CH2-]C(OC)OC.[Co+3].c1ccncc1. The molecule has 1 aromatic rings. The Kier molecular flexibility index (Phi) is 29.8. The van der Waals surface area contributed by atoms with E-state index < -0.39 is 0 Å². The summed E-state index contributed by atoms with van der Waals surface area (Å²) in [6.07, 6.45) is 3.19. The molecule has 1 aromatic heterocycles.